The van der Waals surface area contributed by atoms with Crippen LogP contribution >= 0.6 is 11.3 Å². The highest BCUT2D eigenvalue weighted by Gasteiger charge is 2.31. The van der Waals surface area contributed by atoms with Gasteiger partial charge in [0.2, 0.25) is 0 Å². The Hall–Kier alpha value is -1.10. The number of anilines is 1. The van der Waals surface area contributed by atoms with Gasteiger partial charge in [0.1, 0.15) is 5.92 Å². The van der Waals surface area contributed by atoms with E-state index in [-0.39, 0.29) is 5.92 Å². The molecule has 0 bridgehead atoms. The van der Waals surface area contributed by atoms with Gasteiger partial charge < -0.3 is 10.0 Å². The maximum Gasteiger partial charge on any atom is 0.312 e. The first kappa shape index (κ1) is 13.9. The Morgan fingerprint density at radius 3 is 2.95 bits per heavy atom. The highest BCUT2D eigenvalue weighted by Crippen LogP contribution is 2.39. The van der Waals surface area contributed by atoms with Crippen LogP contribution in [0.25, 0.3) is 0 Å². The monoisotopic (exact) mass is 294 g/mol. The largest absolute Gasteiger partial charge is 0.481 e. The Labute approximate surface area is 123 Å². The summed E-state index contributed by atoms with van der Waals surface area (Å²) in [5.41, 5.74) is 0.847. The molecule has 2 heterocycles. The predicted molar refractivity (Wildman–Crippen MR) is 80.7 cm³/mol. The highest BCUT2D eigenvalue weighted by molar-refractivity contribution is 7.15. The van der Waals surface area contributed by atoms with Crippen molar-refractivity contribution in [3.8, 4) is 0 Å². The molecule has 0 radical (unpaired) electrons. The van der Waals surface area contributed by atoms with Crippen LogP contribution in [0.2, 0.25) is 0 Å². The quantitative estimate of drug-likeness (QED) is 0.908. The fraction of sp³-hybridized carbons (Fsp3) is 0.733. The van der Waals surface area contributed by atoms with Crippen molar-refractivity contribution in [1.29, 1.82) is 0 Å². The lowest BCUT2D eigenvalue weighted by molar-refractivity contribution is -0.139. The third kappa shape index (κ3) is 2.55. The third-order valence-electron chi connectivity index (χ3n) is 4.54. The van der Waals surface area contributed by atoms with Crippen molar-refractivity contribution in [2.45, 2.75) is 63.8 Å². The molecule has 4 nitrogen and oxygen atoms in total. The van der Waals surface area contributed by atoms with Crippen molar-refractivity contribution in [2.24, 2.45) is 0 Å². The predicted octanol–water partition coefficient (Wildman–Crippen LogP) is 3.42. The van der Waals surface area contributed by atoms with Gasteiger partial charge in [0.05, 0.1) is 5.69 Å². The van der Waals surface area contributed by atoms with E-state index in [9.17, 15) is 9.90 Å². The van der Waals surface area contributed by atoms with Gasteiger partial charge in [0, 0.05) is 17.5 Å². The number of rotatable bonds is 2. The number of carboxylic acids is 1. The summed E-state index contributed by atoms with van der Waals surface area (Å²) in [7, 11) is 0. The number of hydrogen-bond acceptors (Lipinski definition) is 4. The molecule has 20 heavy (non-hydrogen) atoms. The summed E-state index contributed by atoms with van der Waals surface area (Å²) in [6.45, 7) is 3.33. The Morgan fingerprint density at radius 1 is 1.30 bits per heavy atom. The molecule has 0 saturated carbocycles. The maximum atomic E-state index is 11.4. The molecule has 3 rings (SSSR count). The lowest BCUT2D eigenvalue weighted by Gasteiger charge is -2.26. The number of carboxylic acid groups (broad SMARTS) is 1. The second kappa shape index (κ2) is 5.72. The van der Waals surface area contributed by atoms with Gasteiger partial charge in [-0.15, -0.1) is 11.3 Å². The molecule has 2 unspecified atom stereocenters. The Morgan fingerprint density at radius 2 is 2.15 bits per heavy atom. The first-order valence-corrected chi connectivity index (χ1v) is 8.47. The van der Waals surface area contributed by atoms with Gasteiger partial charge in [0.15, 0.2) is 5.13 Å². The van der Waals surface area contributed by atoms with Crippen LogP contribution in [0, 0.1) is 0 Å². The summed E-state index contributed by atoms with van der Waals surface area (Å²) >= 11 is 1.73. The molecular weight excluding hydrogens is 272 g/mol. The van der Waals surface area contributed by atoms with E-state index in [1.165, 1.54) is 30.6 Å². The molecule has 1 aliphatic heterocycles. The van der Waals surface area contributed by atoms with Crippen LogP contribution in [-0.2, 0) is 11.2 Å². The van der Waals surface area contributed by atoms with Crippen LogP contribution in [0.3, 0.4) is 0 Å². The molecule has 1 fully saturated rings. The molecule has 110 valence electrons. The van der Waals surface area contributed by atoms with Gasteiger partial charge in [0.25, 0.3) is 0 Å². The molecule has 5 heteroatoms. The molecule has 0 amide bonds. The van der Waals surface area contributed by atoms with E-state index in [1.54, 1.807) is 11.3 Å². The van der Waals surface area contributed by atoms with E-state index >= 15 is 0 Å². The van der Waals surface area contributed by atoms with Gasteiger partial charge in [-0.1, -0.05) is 12.8 Å². The molecule has 1 aliphatic carbocycles. The van der Waals surface area contributed by atoms with Gasteiger partial charge >= 0.3 is 5.97 Å². The summed E-state index contributed by atoms with van der Waals surface area (Å²) in [5, 5.41) is 10.4. The lowest BCUT2D eigenvalue weighted by atomic mass is 9.91. The highest BCUT2D eigenvalue weighted by atomic mass is 32.1. The first-order chi connectivity index (χ1) is 9.66. The number of fused-ring (bicyclic) bond motifs is 1. The van der Waals surface area contributed by atoms with Crippen molar-refractivity contribution in [3.63, 3.8) is 0 Å². The Balaban J connectivity index is 1.90. The number of aromatic nitrogens is 1. The van der Waals surface area contributed by atoms with Crippen molar-refractivity contribution < 1.29 is 9.90 Å². The Kier molecular flexibility index (Phi) is 3.96. The number of aryl methyl sites for hydroxylation is 1. The molecule has 0 aromatic carbocycles. The molecular formula is C15H22N2O2S. The molecule has 2 aliphatic rings. The van der Waals surface area contributed by atoms with Crippen LogP contribution < -0.4 is 4.90 Å². The normalized spacial score (nSPS) is 26.9. The van der Waals surface area contributed by atoms with Crippen molar-refractivity contribution in [3.05, 3.63) is 10.6 Å². The average molecular weight is 294 g/mol. The fourth-order valence-corrected chi connectivity index (χ4v) is 4.62. The SMILES string of the molecule is CC1CCCCCN1c1nc2c(s1)CCCC2C(=O)O. The smallest absolute Gasteiger partial charge is 0.312 e. The number of carbonyl (C=O) groups is 1. The van der Waals surface area contributed by atoms with E-state index in [0.29, 0.717) is 6.04 Å². The maximum absolute atomic E-state index is 11.4. The minimum absolute atomic E-state index is 0.383. The van der Waals surface area contributed by atoms with Crippen LogP contribution in [0.5, 0.6) is 0 Å². The summed E-state index contributed by atoms with van der Waals surface area (Å²) in [6, 6.07) is 0.522. The molecule has 1 saturated heterocycles. The molecule has 0 spiro atoms. The minimum atomic E-state index is -0.716. The summed E-state index contributed by atoms with van der Waals surface area (Å²) < 4.78 is 0. The van der Waals surface area contributed by atoms with Crippen LogP contribution in [0.4, 0.5) is 5.13 Å². The van der Waals surface area contributed by atoms with Crippen molar-refractivity contribution in [2.75, 3.05) is 11.4 Å². The topological polar surface area (TPSA) is 53.4 Å². The van der Waals surface area contributed by atoms with Gasteiger partial charge in [-0.2, -0.15) is 0 Å². The van der Waals surface area contributed by atoms with Crippen LogP contribution in [-0.4, -0.2) is 28.6 Å². The lowest BCUT2D eigenvalue weighted by Crippen LogP contribution is -2.32. The zero-order chi connectivity index (χ0) is 14.1. The molecule has 1 aromatic heterocycles. The van der Waals surface area contributed by atoms with Crippen LogP contribution in [0.15, 0.2) is 0 Å². The van der Waals surface area contributed by atoms with E-state index < -0.39 is 5.97 Å². The van der Waals surface area contributed by atoms with E-state index in [0.717, 1.165) is 36.6 Å². The van der Waals surface area contributed by atoms with Gasteiger partial charge in [-0.05, 0) is 39.0 Å². The third-order valence-corrected chi connectivity index (χ3v) is 5.71. The molecule has 1 aromatic rings. The fourth-order valence-electron chi connectivity index (χ4n) is 3.33. The van der Waals surface area contributed by atoms with E-state index in [2.05, 4.69) is 11.8 Å². The first-order valence-electron chi connectivity index (χ1n) is 7.66. The standard InChI is InChI=1S/C15H22N2O2S/c1-10-6-3-2-4-9-17(10)15-16-13-11(14(18)19)7-5-8-12(13)20-15/h10-11H,2-9H2,1H3,(H,18,19). The second-order valence-corrected chi connectivity index (χ2v) is 7.04. The number of thiazole rings is 1. The second-order valence-electron chi connectivity index (χ2n) is 5.98. The van der Waals surface area contributed by atoms with Crippen LogP contribution in [0.1, 0.15) is 61.9 Å². The summed E-state index contributed by atoms with van der Waals surface area (Å²) in [4.78, 5) is 19.7. The number of aliphatic carboxylic acids is 1. The summed E-state index contributed by atoms with van der Waals surface area (Å²) in [6.07, 6.45) is 7.73. The average Bonchev–Trinajstić information content (AvgIpc) is 2.74. The zero-order valence-electron chi connectivity index (χ0n) is 12.0. The Bertz CT molecular complexity index is 500. The van der Waals surface area contributed by atoms with Crippen molar-refractivity contribution >= 4 is 22.4 Å². The summed E-state index contributed by atoms with van der Waals surface area (Å²) in [5.74, 6) is -1.10. The number of nitrogens with zero attached hydrogens (tertiary/aromatic N) is 2. The van der Waals surface area contributed by atoms with Gasteiger partial charge in [-0.3, -0.25) is 4.79 Å². The number of hydrogen-bond donors (Lipinski definition) is 1. The zero-order valence-corrected chi connectivity index (χ0v) is 12.8. The van der Waals surface area contributed by atoms with E-state index in [1.807, 2.05) is 0 Å². The molecule has 1 N–H and O–H groups in total. The van der Waals surface area contributed by atoms with E-state index in [4.69, 9.17) is 4.98 Å². The van der Waals surface area contributed by atoms with Gasteiger partial charge in [-0.25, -0.2) is 4.98 Å². The van der Waals surface area contributed by atoms with Crippen molar-refractivity contribution in [1.82, 2.24) is 4.98 Å². The minimum Gasteiger partial charge on any atom is -0.481 e. The molecule has 2 atom stereocenters.